The maximum Gasteiger partial charge on any atom is 0.266 e. The van der Waals surface area contributed by atoms with Gasteiger partial charge in [-0.2, -0.15) is 0 Å². The molecule has 8 rings (SSSR count). The van der Waals surface area contributed by atoms with Crippen molar-refractivity contribution in [2.45, 2.75) is 44.6 Å². The fraction of sp³-hybridized carbons (Fsp3) is 0.205. The molecule has 222 valence electrons. The topological polar surface area (TPSA) is 49.4 Å². The van der Waals surface area contributed by atoms with Crippen LogP contribution in [0.25, 0.3) is 21.8 Å². The molecular formula is C39H35N4O2+. The fourth-order valence-corrected chi connectivity index (χ4v) is 7.63. The summed E-state index contributed by atoms with van der Waals surface area (Å²) in [5.74, 6) is 0.124. The third-order valence-electron chi connectivity index (χ3n) is 9.85. The number of para-hydroxylation sites is 3. The van der Waals surface area contributed by atoms with Gasteiger partial charge in [0, 0.05) is 29.8 Å². The second-order valence-electron chi connectivity index (χ2n) is 12.6. The van der Waals surface area contributed by atoms with Crippen molar-refractivity contribution in [1.82, 2.24) is 9.47 Å². The van der Waals surface area contributed by atoms with E-state index in [1.54, 1.807) is 0 Å². The van der Waals surface area contributed by atoms with Gasteiger partial charge in [0.2, 0.25) is 12.1 Å². The van der Waals surface area contributed by atoms with Crippen LogP contribution in [0.3, 0.4) is 0 Å². The van der Waals surface area contributed by atoms with Crippen molar-refractivity contribution < 1.29 is 14.2 Å². The van der Waals surface area contributed by atoms with Gasteiger partial charge in [-0.15, -0.1) is 0 Å². The van der Waals surface area contributed by atoms with E-state index in [0.717, 1.165) is 34.8 Å². The van der Waals surface area contributed by atoms with E-state index in [1.165, 1.54) is 16.8 Å². The Morgan fingerprint density at radius 1 is 0.822 bits per heavy atom. The van der Waals surface area contributed by atoms with Crippen LogP contribution in [0.15, 0.2) is 128 Å². The molecule has 0 aliphatic carbocycles. The van der Waals surface area contributed by atoms with E-state index in [2.05, 4.69) is 71.3 Å². The highest BCUT2D eigenvalue weighted by molar-refractivity contribution is 5.99. The Balaban J connectivity index is 1.08. The molecule has 6 heteroatoms. The second-order valence-corrected chi connectivity index (χ2v) is 12.6. The fourth-order valence-electron chi connectivity index (χ4n) is 7.63. The summed E-state index contributed by atoms with van der Waals surface area (Å²) in [5, 5.41) is 2.16. The van der Waals surface area contributed by atoms with Crippen LogP contribution in [0.4, 0.5) is 5.69 Å². The molecule has 0 saturated carbocycles. The number of Topliss-reactive ketones (excluding diaryl/α,β-unsaturated/α-hetero) is 1. The number of hydrogen-bond acceptors (Lipinski definition) is 3. The van der Waals surface area contributed by atoms with E-state index >= 15 is 0 Å². The van der Waals surface area contributed by atoms with E-state index in [1.807, 2.05) is 82.2 Å². The van der Waals surface area contributed by atoms with Crippen molar-refractivity contribution in [1.29, 1.82) is 0 Å². The predicted molar refractivity (Wildman–Crippen MR) is 177 cm³/mol. The Hall–Kier alpha value is -5.23. The molecule has 0 bridgehead atoms. The van der Waals surface area contributed by atoms with Crippen LogP contribution in [0.1, 0.15) is 34.8 Å². The number of ketones is 1. The lowest BCUT2D eigenvalue weighted by molar-refractivity contribution is -0.657. The molecule has 0 radical (unpaired) electrons. The lowest BCUT2D eigenvalue weighted by Crippen LogP contribution is -2.51. The molecule has 1 aromatic heterocycles. The summed E-state index contributed by atoms with van der Waals surface area (Å²) in [6, 6.07) is 41.1. The Morgan fingerprint density at radius 2 is 1.56 bits per heavy atom. The number of anilines is 1. The summed E-state index contributed by atoms with van der Waals surface area (Å²) in [6.45, 7) is 4.17. The molecule has 1 amide bonds. The quantitative estimate of drug-likeness (QED) is 0.157. The second kappa shape index (κ2) is 10.7. The van der Waals surface area contributed by atoms with Gasteiger partial charge < -0.3 is 9.80 Å². The Labute approximate surface area is 262 Å². The first kappa shape index (κ1) is 27.3. The third-order valence-corrected chi connectivity index (χ3v) is 9.85. The number of rotatable bonds is 7. The van der Waals surface area contributed by atoms with E-state index in [-0.39, 0.29) is 36.4 Å². The third kappa shape index (κ3) is 4.60. The van der Waals surface area contributed by atoms with Crippen molar-refractivity contribution in [2.75, 3.05) is 11.4 Å². The molecule has 45 heavy (non-hydrogen) atoms. The van der Waals surface area contributed by atoms with Crippen LogP contribution in [0, 0.1) is 0 Å². The summed E-state index contributed by atoms with van der Waals surface area (Å²) in [7, 11) is 0. The molecule has 5 aromatic carbocycles. The number of likely N-dealkylation sites (tertiary alicyclic amines) is 1. The first-order valence-corrected chi connectivity index (χ1v) is 15.7. The van der Waals surface area contributed by atoms with Gasteiger partial charge in [0.05, 0.1) is 0 Å². The van der Waals surface area contributed by atoms with Gasteiger partial charge in [0.15, 0.2) is 24.1 Å². The summed E-state index contributed by atoms with van der Waals surface area (Å²) in [6.07, 6.45) is 2.78. The zero-order valence-corrected chi connectivity index (χ0v) is 25.3. The summed E-state index contributed by atoms with van der Waals surface area (Å²) < 4.78 is 3.98. The van der Waals surface area contributed by atoms with E-state index in [9.17, 15) is 9.59 Å². The summed E-state index contributed by atoms with van der Waals surface area (Å²) >= 11 is 0. The number of imidazole rings is 1. The highest BCUT2D eigenvalue weighted by Crippen LogP contribution is 2.52. The van der Waals surface area contributed by atoms with Gasteiger partial charge in [-0.25, -0.2) is 9.13 Å². The normalized spacial score (nSPS) is 18.8. The first-order valence-electron chi connectivity index (χ1n) is 15.7. The van der Waals surface area contributed by atoms with Gasteiger partial charge in [-0.3, -0.25) is 9.59 Å². The van der Waals surface area contributed by atoms with Crippen LogP contribution < -0.4 is 9.47 Å². The van der Waals surface area contributed by atoms with Crippen molar-refractivity contribution in [3.05, 3.63) is 144 Å². The SMILES string of the molecule is CC12CCN(C(=O)Cn3c[n+](CC(=O)c4ccc5ccccc5c4)c4ccccc43)C1N(Cc1ccccc1)c1ccccc12. The number of fused-ring (bicyclic) bond motifs is 5. The number of aromatic nitrogens is 2. The molecule has 2 atom stereocenters. The number of nitrogens with zero attached hydrogens (tertiary/aromatic N) is 4. The number of carbonyl (C=O) groups is 2. The minimum absolute atomic E-state index is 0.0376. The lowest BCUT2D eigenvalue weighted by atomic mass is 9.81. The molecule has 2 unspecified atom stereocenters. The van der Waals surface area contributed by atoms with Gasteiger partial charge in [-0.05, 0) is 52.6 Å². The van der Waals surface area contributed by atoms with Crippen LogP contribution in [-0.2, 0) is 29.8 Å². The van der Waals surface area contributed by atoms with Crippen molar-refractivity contribution in [2.24, 2.45) is 0 Å². The molecule has 1 saturated heterocycles. The van der Waals surface area contributed by atoms with Crippen molar-refractivity contribution in [3.8, 4) is 0 Å². The molecule has 2 aliphatic heterocycles. The van der Waals surface area contributed by atoms with Crippen LogP contribution in [-0.4, -0.2) is 33.9 Å². The molecule has 1 fully saturated rings. The van der Waals surface area contributed by atoms with Gasteiger partial charge in [0.1, 0.15) is 6.17 Å². The van der Waals surface area contributed by atoms with Crippen molar-refractivity contribution in [3.63, 3.8) is 0 Å². The van der Waals surface area contributed by atoms with E-state index in [0.29, 0.717) is 12.1 Å². The molecule has 6 aromatic rings. The zero-order chi connectivity index (χ0) is 30.5. The highest BCUT2D eigenvalue weighted by atomic mass is 16.2. The van der Waals surface area contributed by atoms with E-state index in [4.69, 9.17) is 0 Å². The highest BCUT2D eigenvalue weighted by Gasteiger charge is 2.55. The molecule has 0 spiro atoms. The van der Waals surface area contributed by atoms with Crippen LogP contribution in [0.2, 0.25) is 0 Å². The van der Waals surface area contributed by atoms with Crippen LogP contribution in [0.5, 0.6) is 0 Å². The summed E-state index contributed by atoms with van der Waals surface area (Å²) in [5.41, 5.74) is 6.17. The first-order chi connectivity index (χ1) is 22.0. The number of benzene rings is 5. The van der Waals surface area contributed by atoms with Gasteiger partial charge >= 0.3 is 0 Å². The Bertz CT molecular complexity index is 2080. The molecular weight excluding hydrogens is 556 g/mol. The molecule has 2 aliphatic rings. The number of hydrogen-bond donors (Lipinski definition) is 0. The maximum atomic E-state index is 14.3. The van der Waals surface area contributed by atoms with Gasteiger partial charge in [-0.1, -0.05) is 104 Å². The number of carbonyl (C=O) groups excluding carboxylic acids is 2. The predicted octanol–water partition coefficient (Wildman–Crippen LogP) is 6.50. The van der Waals surface area contributed by atoms with Crippen molar-refractivity contribution >= 4 is 39.2 Å². The smallest absolute Gasteiger partial charge is 0.266 e. The maximum absolute atomic E-state index is 14.3. The monoisotopic (exact) mass is 591 g/mol. The zero-order valence-electron chi connectivity index (χ0n) is 25.3. The standard InChI is InChI=1S/C39H35N4O2/c1-39-21-22-42(38(39)43(24-28-11-3-2-4-12-28)33-16-8-7-15-32(33)39)37(45)26-41-27-40(34-17-9-10-18-35(34)41)25-36(44)31-20-19-29-13-5-6-14-30(29)23-31/h2-20,23,27,38H,21-22,24-26H2,1H3/q+1. The lowest BCUT2D eigenvalue weighted by Gasteiger charge is -2.36. The molecule has 6 nitrogen and oxygen atoms in total. The molecule has 3 heterocycles. The number of amides is 1. The average Bonchev–Trinajstić information content (AvgIpc) is 3.68. The largest absolute Gasteiger partial charge is 0.346 e. The van der Waals surface area contributed by atoms with Gasteiger partial charge in [0.25, 0.3) is 5.91 Å². The Kier molecular flexibility index (Phi) is 6.52. The van der Waals surface area contributed by atoms with E-state index < -0.39 is 0 Å². The minimum atomic E-state index is -0.147. The average molecular weight is 592 g/mol. The Morgan fingerprint density at radius 3 is 2.42 bits per heavy atom. The minimum Gasteiger partial charge on any atom is -0.346 e. The van der Waals surface area contributed by atoms with Crippen LogP contribution >= 0.6 is 0 Å². The summed E-state index contributed by atoms with van der Waals surface area (Å²) in [4.78, 5) is 32.3. The molecule has 0 N–H and O–H groups in total.